The van der Waals surface area contributed by atoms with Gasteiger partial charge >= 0.3 is 0 Å². The van der Waals surface area contributed by atoms with Gasteiger partial charge in [-0.05, 0) is 25.0 Å². The molecular weight excluding hydrogens is 193 g/mol. The molecule has 0 spiro atoms. The Balaban J connectivity index is 2.62. The van der Waals surface area contributed by atoms with E-state index in [2.05, 4.69) is 5.32 Å². The van der Waals surface area contributed by atoms with Gasteiger partial charge in [-0.15, -0.1) is 0 Å². The molecule has 0 fully saturated rings. The minimum absolute atomic E-state index is 0.122. The van der Waals surface area contributed by atoms with Gasteiger partial charge in [-0.25, -0.2) is 4.39 Å². The highest BCUT2D eigenvalue weighted by molar-refractivity contribution is 5.44. The number of aliphatic hydroxyl groups is 1. The van der Waals surface area contributed by atoms with Crippen molar-refractivity contribution in [1.29, 1.82) is 0 Å². The van der Waals surface area contributed by atoms with Crippen LogP contribution in [0.3, 0.4) is 0 Å². The van der Waals surface area contributed by atoms with Gasteiger partial charge in [-0.2, -0.15) is 0 Å². The molecule has 0 aliphatic heterocycles. The zero-order valence-electron chi connectivity index (χ0n) is 9.42. The van der Waals surface area contributed by atoms with E-state index in [4.69, 9.17) is 0 Å². The maximum absolute atomic E-state index is 13.2. The van der Waals surface area contributed by atoms with E-state index in [1.54, 1.807) is 25.1 Å². The average Bonchev–Trinajstić information content (AvgIpc) is 2.16. The number of hydrogen-bond donors (Lipinski definition) is 2. The van der Waals surface area contributed by atoms with Crippen LogP contribution in [0, 0.1) is 11.7 Å². The molecule has 0 aliphatic carbocycles. The van der Waals surface area contributed by atoms with Gasteiger partial charge in [0, 0.05) is 6.54 Å². The molecule has 2 N–H and O–H groups in total. The molecule has 0 bridgehead atoms. The van der Waals surface area contributed by atoms with Crippen molar-refractivity contribution in [2.24, 2.45) is 5.92 Å². The van der Waals surface area contributed by atoms with E-state index in [9.17, 15) is 9.50 Å². The molecule has 15 heavy (non-hydrogen) atoms. The van der Waals surface area contributed by atoms with Gasteiger partial charge in [-0.3, -0.25) is 0 Å². The lowest BCUT2D eigenvalue weighted by molar-refractivity contribution is 0.0266. The smallest absolute Gasteiger partial charge is 0.146 e. The summed E-state index contributed by atoms with van der Waals surface area (Å²) in [6, 6.07) is 6.45. The van der Waals surface area contributed by atoms with Crippen molar-refractivity contribution < 1.29 is 9.50 Å². The zero-order chi connectivity index (χ0) is 11.5. The summed E-state index contributed by atoms with van der Waals surface area (Å²) >= 11 is 0. The maximum atomic E-state index is 13.2. The summed E-state index contributed by atoms with van der Waals surface area (Å²) in [5, 5.41) is 12.9. The molecular formula is C12H18FNO. The first-order chi connectivity index (χ1) is 6.93. The summed E-state index contributed by atoms with van der Waals surface area (Å²) in [4.78, 5) is 0. The Bertz CT molecular complexity index is 323. The second-order valence-corrected chi connectivity index (χ2v) is 4.35. The number of benzene rings is 1. The third kappa shape index (κ3) is 3.20. The maximum Gasteiger partial charge on any atom is 0.146 e. The molecule has 0 saturated heterocycles. The predicted molar refractivity (Wildman–Crippen MR) is 60.4 cm³/mol. The lowest BCUT2D eigenvalue weighted by Crippen LogP contribution is -2.38. The van der Waals surface area contributed by atoms with E-state index in [-0.39, 0.29) is 11.7 Å². The van der Waals surface area contributed by atoms with E-state index in [1.807, 2.05) is 13.8 Å². The topological polar surface area (TPSA) is 32.3 Å². The van der Waals surface area contributed by atoms with E-state index >= 15 is 0 Å². The number of para-hydroxylation sites is 1. The van der Waals surface area contributed by atoms with Gasteiger partial charge in [0.1, 0.15) is 5.82 Å². The van der Waals surface area contributed by atoms with Crippen molar-refractivity contribution in [2.75, 3.05) is 11.9 Å². The van der Waals surface area contributed by atoms with Crippen LogP contribution in [-0.2, 0) is 0 Å². The minimum atomic E-state index is -0.831. The lowest BCUT2D eigenvalue weighted by atomic mass is 9.92. The van der Waals surface area contributed by atoms with E-state index < -0.39 is 5.60 Å². The molecule has 0 aliphatic rings. The fourth-order valence-corrected chi connectivity index (χ4v) is 1.08. The Morgan fingerprint density at radius 3 is 2.53 bits per heavy atom. The van der Waals surface area contributed by atoms with Gasteiger partial charge in [0.15, 0.2) is 0 Å². The van der Waals surface area contributed by atoms with Crippen LogP contribution in [-0.4, -0.2) is 17.3 Å². The molecule has 3 heteroatoms. The summed E-state index contributed by atoms with van der Waals surface area (Å²) < 4.78 is 13.2. The van der Waals surface area contributed by atoms with Crippen molar-refractivity contribution in [3.63, 3.8) is 0 Å². The SMILES string of the molecule is CC(C)C(C)(O)CNc1ccccc1F. The number of anilines is 1. The Morgan fingerprint density at radius 1 is 1.40 bits per heavy atom. The summed E-state index contributed by atoms with van der Waals surface area (Å²) in [7, 11) is 0. The molecule has 0 saturated carbocycles. The quantitative estimate of drug-likeness (QED) is 0.802. The Kier molecular flexibility index (Phi) is 3.69. The van der Waals surface area contributed by atoms with Crippen LogP contribution in [0.2, 0.25) is 0 Å². The first-order valence-corrected chi connectivity index (χ1v) is 5.14. The number of rotatable bonds is 4. The molecule has 0 radical (unpaired) electrons. The van der Waals surface area contributed by atoms with Crippen LogP contribution < -0.4 is 5.32 Å². The highest BCUT2D eigenvalue weighted by Gasteiger charge is 2.24. The highest BCUT2D eigenvalue weighted by atomic mass is 19.1. The summed E-state index contributed by atoms with van der Waals surface area (Å²) in [6.45, 7) is 5.95. The standard InChI is InChI=1S/C12H18FNO/c1-9(2)12(3,15)8-14-11-7-5-4-6-10(11)13/h4-7,9,14-15H,8H2,1-3H3. The average molecular weight is 211 g/mol. The van der Waals surface area contributed by atoms with Crippen LogP contribution in [0.4, 0.5) is 10.1 Å². The first kappa shape index (κ1) is 12.0. The normalized spacial score (nSPS) is 15.1. The zero-order valence-corrected chi connectivity index (χ0v) is 9.42. The third-order valence-electron chi connectivity index (χ3n) is 2.75. The fourth-order valence-electron chi connectivity index (χ4n) is 1.08. The van der Waals surface area contributed by atoms with Crippen molar-refractivity contribution in [3.05, 3.63) is 30.1 Å². The van der Waals surface area contributed by atoms with Crippen LogP contribution in [0.5, 0.6) is 0 Å². The Morgan fingerprint density at radius 2 is 2.00 bits per heavy atom. The second-order valence-electron chi connectivity index (χ2n) is 4.35. The lowest BCUT2D eigenvalue weighted by Gasteiger charge is -2.28. The van der Waals surface area contributed by atoms with E-state index in [0.29, 0.717) is 12.2 Å². The number of halogens is 1. The monoisotopic (exact) mass is 211 g/mol. The molecule has 2 nitrogen and oxygen atoms in total. The van der Waals surface area contributed by atoms with Crippen LogP contribution in [0.15, 0.2) is 24.3 Å². The molecule has 0 aromatic heterocycles. The van der Waals surface area contributed by atoms with Crippen molar-refractivity contribution in [1.82, 2.24) is 0 Å². The van der Waals surface area contributed by atoms with Gasteiger partial charge in [0.25, 0.3) is 0 Å². The van der Waals surface area contributed by atoms with Crippen LogP contribution in [0.1, 0.15) is 20.8 Å². The number of nitrogens with one attached hydrogen (secondary N) is 1. The third-order valence-corrected chi connectivity index (χ3v) is 2.75. The minimum Gasteiger partial charge on any atom is -0.388 e. The van der Waals surface area contributed by atoms with Gasteiger partial charge < -0.3 is 10.4 Å². The van der Waals surface area contributed by atoms with Gasteiger partial charge in [0.2, 0.25) is 0 Å². The van der Waals surface area contributed by atoms with Crippen LogP contribution >= 0.6 is 0 Å². The molecule has 1 atom stereocenters. The summed E-state index contributed by atoms with van der Waals surface area (Å²) in [5.41, 5.74) is -0.402. The first-order valence-electron chi connectivity index (χ1n) is 5.14. The molecule has 1 unspecified atom stereocenters. The Labute approximate surface area is 90.1 Å². The van der Waals surface area contributed by atoms with Gasteiger partial charge in [0.05, 0.1) is 11.3 Å². The molecule has 1 aromatic carbocycles. The predicted octanol–water partition coefficient (Wildman–Crippen LogP) is 2.64. The van der Waals surface area contributed by atoms with E-state index in [1.165, 1.54) is 6.07 Å². The molecule has 1 aromatic rings. The van der Waals surface area contributed by atoms with Crippen molar-refractivity contribution in [3.8, 4) is 0 Å². The van der Waals surface area contributed by atoms with Crippen LogP contribution in [0.25, 0.3) is 0 Å². The van der Waals surface area contributed by atoms with Gasteiger partial charge in [-0.1, -0.05) is 26.0 Å². The number of hydrogen-bond acceptors (Lipinski definition) is 2. The van der Waals surface area contributed by atoms with Crippen molar-refractivity contribution in [2.45, 2.75) is 26.4 Å². The highest BCUT2D eigenvalue weighted by Crippen LogP contribution is 2.18. The molecule has 1 rings (SSSR count). The summed E-state index contributed by atoms with van der Waals surface area (Å²) in [5.74, 6) is -0.172. The van der Waals surface area contributed by atoms with Crippen molar-refractivity contribution >= 4 is 5.69 Å². The molecule has 84 valence electrons. The van der Waals surface area contributed by atoms with E-state index in [0.717, 1.165) is 0 Å². The molecule has 0 heterocycles. The largest absolute Gasteiger partial charge is 0.388 e. The molecule has 0 amide bonds. The second kappa shape index (κ2) is 4.62. The Hall–Kier alpha value is -1.09. The summed E-state index contributed by atoms with van der Waals surface area (Å²) in [6.07, 6.45) is 0. The fraction of sp³-hybridized carbons (Fsp3) is 0.500.